The number of carbonyl (C=O) groups is 3. The molecule has 0 unspecified atom stereocenters. The summed E-state index contributed by atoms with van der Waals surface area (Å²) in [5, 5.41) is 7.26. The first-order valence-corrected chi connectivity index (χ1v) is 15.9. The van der Waals surface area contributed by atoms with Crippen molar-refractivity contribution in [3.8, 4) is 5.75 Å². The SMILES string of the molecule is COc1ccc2c(c1)c(CC(=O)NCCCCCCN(CCS)CC(=O)NCCS)c(C)n2C(=O)c1ccc(Cl)cc1.Cl. The van der Waals surface area contributed by atoms with Gasteiger partial charge in [0, 0.05) is 52.8 Å². The molecule has 2 aromatic carbocycles. The van der Waals surface area contributed by atoms with Crippen LogP contribution in [0.3, 0.4) is 0 Å². The van der Waals surface area contributed by atoms with Gasteiger partial charge in [-0.2, -0.15) is 25.3 Å². The molecule has 0 saturated heterocycles. The number of methoxy groups -OCH3 is 1. The molecular formula is C31H42Cl2N4O4S2. The van der Waals surface area contributed by atoms with Crippen molar-refractivity contribution in [2.24, 2.45) is 0 Å². The second kappa shape index (κ2) is 19.1. The Morgan fingerprint density at radius 3 is 2.28 bits per heavy atom. The number of rotatable bonds is 17. The number of fused-ring (bicyclic) bond motifs is 1. The van der Waals surface area contributed by atoms with Gasteiger partial charge in [-0.1, -0.05) is 24.4 Å². The number of nitrogens with one attached hydrogen (secondary N) is 2. The fraction of sp³-hybridized carbons (Fsp3) is 0.452. The molecule has 0 aliphatic rings. The Kier molecular flexibility index (Phi) is 16.4. The van der Waals surface area contributed by atoms with Crippen LogP contribution in [0.5, 0.6) is 5.75 Å². The number of benzene rings is 2. The molecule has 0 aliphatic heterocycles. The third-order valence-corrected chi connectivity index (χ3v) is 7.79. The van der Waals surface area contributed by atoms with Crippen molar-refractivity contribution < 1.29 is 19.1 Å². The van der Waals surface area contributed by atoms with Gasteiger partial charge >= 0.3 is 0 Å². The van der Waals surface area contributed by atoms with E-state index in [-0.39, 0.29) is 36.5 Å². The zero-order valence-electron chi connectivity index (χ0n) is 24.7. The molecule has 236 valence electrons. The van der Waals surface area contributed by atoms with E-state index in [1.54, 1.807) is 35.9 Å². The molecule has 0 fully saturated rings. The Hall–Kier alpha value is -2.37. The van der Waals surface area contributed by atoms with E-state index in [1.807, 2.05) is 25.1 Å². The van der Waals surface area contributed by atoms with Crippen LogP contribution < -0.4 is 15.4 Å². The van der Waals surface area contributed by atoms with E-state index < -0.39 is 0 Å². The lowest BCUT2D eigenvalue weighted by Crippen LogP contribution is -2.39. The normalized spacial score (nSPS) is 10.9. The van der Waals surface area contributed by atoms with Crippen LogP contribution in [0.25, 0.3) is 10.9 Å². The summed E-state index contributed by atoms with van der Waals surface area (Å²) in [5.74, 6) is 1.72. The molecule has 0 atom stereocenters. The highest BCUT2D eigenvalue weighted by atomic mass is 35.5. The molecule has 3 aromatic rings. The Bertz CT molecular complexity index is 1350. The molecule has 43 heavy (non-hydrogen) atoms. The molecule has 8 nitrogen and oxygen atoms in total. The van der Waals surface area contributed by atoms with Gasteiger partial charge in [-0.3, -0.25) is 23.9 Å². The summed E-state index contributed by atoms with van der Waals surface area (Å²) in [6.07, 6.45) is 3.99. The smallest absolute Gasteiger partial charge is 0.262 e. The van der Waals surface area contributed by atoms with Gasteiger partial charge in [0.2, 0.25) is 11.8 Å². The van der Waals surface area contributed by atoms with E-state index >= 15 is 0 Å². The maximum absolute atomic E-state index is 13.5. The Morgan fingerprint density at radius 2 is 1.60 bits per heavy atom. The number of ether oxygens (including phenoxy) is 1. The van der Waals surface area contributed by atoms with Crippen LogP contribution in [0.4, 0.5) is 0 Å². The molecule has 2 N–H and O–H groups in total. The summed E-state index contributed by atoms with van der Waals surface area (Å²) < 4.78 is 7.08. The molecule has 1 heterocycles. The minimum absolute atomic E-state index is 0. The lowest BCUT2D eigenvalue weighted by atomic mass is 10.1. The molecule has 12 heteroatoms. The predicted octanol–water partition coefficient (Wildman–Crippen LogP) is 5.22. The number of thiol groups is 2. The van der Waals surface area contributed by atoms with Crippen LogP contribution in [-0.2, 0) is 16.0 Å². The first-order chi connectivity index (χ1) is 20.3. The van der Waals surface area contributed by atoms with Crippen LogP contribution in [0.2, 0.25) is 5.02 Å². The average Bonchev–Trinajstić information content (AvgIpc) is 3.25. The van der Waals surface area contributed by atoms with Crippen molar-refractivity contribution in [3.05, 3.63) is 64.3 Å². The van der Waals surface area contributed by atoms with Crippen LogP contribution >= 0.6 is 49.3 Å². The quantitative estimate of drug-likeness (QED) is 0.117. The second-order valence-corrected chi connectivity index (χ2v) is 11.4. The van der Waals surface area contributed by atoms with E-state index in [0.29, 0.717) is 47.5 Å². The molecule has 3 rings (SSSR count). The largest absolute Gasteiger partial charge is 0.497 e. The van der Waals surface area contributed by atoms with Gasteiger partial charge < -0.3 is 15.4 Å². The minimum Gasteiger partial charge on any atom is -0.497 e. The van der Waals surface area contributed by atoms with Gasteiger partial charge in [0.1, 0.15) is 5.75 Å². The van der Waals surface area contributed by atoms with Crippen molar-refractivity contribution in [3.63, 3.8) is 0 Å². The number of halogens is 2. The van der Waals surface area contributed by atoms with Crippen LogP contribution in [0, 0.1) is 6.92 Å². The van der Waals surface area contributed by atoms with Crippen molar-refractivity contribution in [2.45, 2.75) is 39.0 Å². The molecule has 0 saturated carbocycles. The first kappa shape index (κ1) is 36.8. The minimum atomic E-state index is -0.183. The lowest BCUT2D eigenvalue weighted by Gasteiger charge is -2.20. The van der Waals surface area contributed by atoms with Crippen LogP contribution in [-0.4, -0.2) is 78.5 Å². The third-order valence-electron chi connectivity index (χ3n) is 7.11. The van der Waals surface area contributed by atoms with E-state index in [1.165, 1.54) is 0 Å². The fourth-order valence-electron chi connectivity index (χ4n) is 4.93. The monoisotopic (exact) mass is 668 g/mol. The molecule has 0 aliphatic carbocycles. The van der Waals surface area contributed by atoms with Gasteiger partial charge in [0.25, 0.3) is 5.91 Å². The average molecular weight is 670 g/mol. The summed E-state index contributed by atoms with van der Waals surface area (Å²) in [7, 11) is 1.59. The molecule has 2 amide bonds. The van der Waals surface area contributed by atoms with E-state index in [4.69, 9.17) is 16.3 Å². The first-order valence-electron chi connectivity index (χ1n) is 14.2. The summed E-state index contributed by atoms with van der Waals surface area (Å²) in [6, 6.07) is 12.3. The number of aromatic nitrogens is 1. The fourth-order valence-corrected chi connectivity index (χ4v) is 5.45. The molecule has 1 aromatic heterocycles. The molecule has 0 bridgehead atoms. The summed E-state index contributed by atoms with van der Waals surface area (Å²) in [6.45, 7) is 4.99. The van der Waals surface area contributed by atoms with Gasteiger partial charge in [0.05, 0.1) is 25.6 Å². The number of hydrogen-bond donors (Lipinski definition) is 4. The molecule has 0 radical (unpaired) electrons. The van der Waals surface area contributed by atoms with Crippen molar-refractivity contribution in [1.29, 1.82) is 0 Å². The van der Waals surface area contributed by atoms with Gasteiger partial charge in [0.15, 0.2) is 0 Å². The standard InChI is InChI=1S/C31H41ClN4O4S2.ClH/c1-22-26(20-29(37)33-13-5-3-4-6-15-35(16-18-42)21-30(38)34-14-17-41)27-19-25(40-2)11-12-28(27)36(22)31(39)23-7-9-24(32)10-8-23;/h7-12,19,41-42H,3-6,13-18,20-21H2,1-2H3,(H,33,37)(H,34,38);1H. The number of carbonyl (C=O) groups excluding carboxylic acids is 3. The summed E-state index contributed by atoms with van der Waals surface area (Å²) >= 11 is 14.5. The maximum Gasteiger partial charge on any atom is 0.262 e. The van der Waals surface area contributed by atoms with E-state index in [9.17, 15) is 14.4 Å². The Balaban J connectivity index is 0.00000645. The predicted molar refractivity (Wildman–Crippen MR) is 184 cm³/mol. The Labute approximate surface area is 276 Å². The molecular weight excluding hydrogens is 627 g/mol. The van der Waals surface area contributed by atoms with Crippen molar-refractivity contribution >= 4 is 77.9 Å². The highest BCUT2D eigenvalue weighted by molar-refractivity contribution is 7.80. The second-order valence-electron chi connectivity index (χ2n) is 10.1. The van der Waals surface area contributed by atoms with Crippen molar-refractivity contribution in [1.82, 2.24) is 20.1 Å². The zero-order chi connectivity index (χ0) is 30.5. The van der Waals surface area contributed by atoms with E-state index in [2.05, 4.69) is 40.8 Å². The topological polar surface area (TPSA) is 92.7 Å². The Morgan fingerprint density at radius 1 is 0.907 bits per heavy atom. The number of nitrogens with zero attached hydrogens (tertiary/aromatic N) is 2. The van der Waals surface area contributed by atoms with Crippen LogP contribution in [0.15, 0.2) is 42.5 Å². The number of amides is 2. The zero-order valence-corrected chi connectivity index (χ0v) is 28.1. The van der Waals surface area contributed by atoms with Crippen molar-refractivity contribution in [2.75, 3.05) is 51.3 Å². The van der Waals surface area contributed by atoms with E-state index in [0.717, 1.165) is 60.9 Å². The highest BCUT2D eigenvalue weighted by Crippen LogP contribution is 2.31. The van der Waals surface area contributed by atoms with Gasteiger partial charge in [-0.15, -0.1) is 12.4 Å². The highest BCUT2D eigenvalue weighted by Gasteiger charge is 2.22. The maximum atomic E-state index is 13.5. The third kappa shape index (κ3) is 10.9. The molecule has 0 spiro atoms. The summed E-state index contributed by atoms with van der Waals surface area (Å²) in [5.41, 5.74) is 2.75. The van der Waals surface area contributed by atoms with Gasteiger partial charge in [-0.25, -0.2) is 0 Å². The van der Waals surface area contributed by atoms with Gasteiger partial charge in [-0.05, 0) is 74.3 Å². The number of hydrogen-bond acceptors (Lipinski definition) is 7. The number of unbranched alkanes of at least 4 members (excludes halogenated alkanes) is 3. The summed E-state index contributed by atoms with van der Waals surface area (Å²) in [4.78, 5) is 40.6. The lowest BCUT2D eigenvalue weighted by molar-refractivity contribution is -0.122. The van der Waals surface area contributed by atoms with Crippen LogP contribution in [0.1, 0.15) is 47.3 Å².